The molecule has 0 radical (unpaired) electrons. The molecule has 2 amide bonds. The molecule has 1 atom stereocenters. The Morgan fingerprint density at radius 3 is 2.87 bits per heavy atom. The van der Waals surface area contributed by atoms with E-state index in [0.29, 0.717) is 5.69 Å². The van der Waals surface area contributed by atoms with Gasteiger partial charge in [0.15, 0.2) is 0 Å². The molecule has 1 heterocycles. The number of anilines is 2. The lowest BCUT2D eigenvalue weighted by molar-refractivity contribution is -0.120. The van der Waals surface area contributed by atoms with Crippen LogP contribution in [0.15, 0.2) is 51.8 Å². The summed E-state index contributed by atoms with van der Waals surface area (Å²) < 4.78 is 0.831. The number of carbonyl (C=O) groups is 2. The standard InChI is InChI=1S/C17H15BrN2O2S/c1-10-6-7-12(11(18)8-10)19-16(21)9-15-17(22)20-13-4-2-3-5-14(13)23-15/h2-8,15H,9H2,1H3,(H,19,21)(H,20,22)/t15-/m1/s1. The molecule has 6 heteroatoms. The number of hydrogen-bond donors (Lipinski definition) is 2. The van der Waals surface area contributed by atoms with Gasteiger partial charge in [-0.25, -0.2) is 0 Å². The van der Waals surface area contributed by atoms with E-state index in [1.807, 2.05) is 49.4 Å². The van der Waals surface area contributed by atoms with Crippen LogP contribution >= 0.6 is 27.7 Å². The predicted molar refractivity (Wildman–Crippen MR) is 96.8 cm³/mol. The zero-order chi connectivity index (χ0) is 16.4. The maximum atomic E-state index is 12.3. The number of hydrogen-bond acceptors (Lipinski definition) is 3. The van der Waals surface area contributed by atoms with Gasteiger partial charge < -0.3 is 10.6 Å². The molecule has 2 aromatic carbocycles. The van der Waals surface area contributed by atoms with E-state index in [0.717, 1.165) is 20.6 Å². The molecule has 4 nitrogen and oxygen atoms in total. The fourth-order valence-electron chi connectivity index (χ4n) is 2.32. The van der Waals surface area contributed by atoms with Gasteiger partial charge in [0.05, 0.1) is 16.6 Å². The van der Waals surface area contributed by atoms with Gasteiger partial charge in [0.1, 0.15) is 0 Å². The highest BCUT2D eigenvalue weighted by Gasteiger charge is 2.28. The summed E-state index contributed by atoms with van der Waals surface area (Å²) in [6, 6.07) is 13.3. The molecule has 118 valence electrons. The first-order valence-corrected chi connectivity index (χ1v) is 8.83. The highest BCUT2D eigenvalue weighted by molar-refractivity contribution is 9.10. The third kappa shape index (κ3) is 3.76. The van der Waals surface area contributed by atoms with Crippen molar-refractivity contribution in [1.29, 1.82) is 0 Å². The molecule has 0 saturated heterocycles. The number of benzene rings is 2. The summed E-state index contributed by atoms with van der Waals surface area (Å²) in [7, 11) is 0. The van der Waals surface area contributed by atoms with Gasteiger partial charge in [-0.15, -0.1) is 11.8 Å². The lowest BCUT2D eigenvalue weighted by Gasteiger charge is -2.23. The Kier molecular flexibility index (Phi) is 4.73. The summed E-state index contributed by atoms with van der Waals surface area (Å²) in [5.41, 5.74) is 2.62. The Morgan fingerprint density at radius 2 is 2.09 bits per heavy atom. The van der Waals surface area contributed by atoms with Gasteiger partial charge in [-0.1, -0.05) is 18.2 Å². The van der Waals surface area contributed by atoms with Crippen LogP contribution in [0.25, 0.3) is 0 Å². The Hall–Kier alpha value is -1.79. The van der Waals surface area contributed by atoms with E-state index in [1.165, 1.54) is 11.8 Å². The minimum Gasteiger partial charge on any atom is -0.325 e. The van der Waals surface area contributed by atoms with Crippen molar-refractivity contribution in [2.24, 2.45) is 0 Å². The Balaban J connectivity index is 1.67. The minimum absolute atomic E-state index is 0.130. The first kappa shape index (κ1) is 16.1. The smallest absolute Gasteiger partial charge is 0.238 e. The van der Waals surface area contributed by atoms with Gasteiger partial charge in [-0.05, 0) is 52.7 Å². The molecular formula is C17H15BrN2O2S. The van der Waals surface area contributed by atoms with Crippen LogP contribution in [-0.4, -0.2) is 17.1 Å². The topological polar surface area (TPSA) is 58.2 Å². The molecular weight excluding hydrogens is 376 g/mol. The number of aryl methyl sites for hydroxylation is 1. The molecule has 0 aromatic heterocycles. The van der Waals surface area contributed by atoms with E-state index in [1.54, 1.807) is 0 Å². The summed E-state index contributed by atoms with van der Waals surface area (Å²) >= 11 is 4.86. The second-order valence-corrected chi connectivity index (χ2v) is 7.43. The van der Waals surface area contributed by atoms with Crippen LogP contribution in [0.4, 0.5) is 11.4 Å². The zero-order valence-corrected chi connectivity index (χ0v) is 14.8. The van der Waals surface area contributed by atoms with Gasteiger partial charge >= 0.3 is 0 Å². The van der Waals surface area contributed by atoms with Crippen molar-refractivity contribution in [2.45, 2.75) is 23.5 Å². The van der Waals surface area contributed by atoms with Crippen LogP contribution in [-0.2, 0) is 9.59 Å². The van der Waals surface area contributed by atoms with Gasteiger partial charge in [0.2, 0.25) is 11.8 Å². The number of halogens is 1. The quantitative estimate of drug-likeness (QED) is 0.825. The Morgan fingerprint density at radius 1 is 1.30 bits per heavy atom. The fourth-order valence-corrected chi connectivity index (χ4v) is 4.02. The molecule has 0 aliphatic carbocycles. The van der Waals surface area contributed by atoms with Gasteiger partial charge in [-0.2, -0.15) is 0 Å². The van der Waals surface area contributed by atoms with Crippen LogP contribution in [0.1, 0.15) is 12.0 Å². The van der Waals surface area contributed by atoms with Gasteiger partial charge in [0.25, 0.3) is 0 Å². The van der Waals surface area contributed by atoms with Gasteiger partial charge in [0, 0.05) is 15.8 Å². The number of thioether (sulfide) groups is 1. The Labute approximate surface area is 147 Å². The molecule has 0 spiro atoms. The zero-order valence-electron chi connectivity index (χ0n) is 12.4. The first-order valence-electron chi connectivity index (χ1n) is 7.15. The molecule has 1 aliphatic rings. The summed E-state index contributed by atoms with van der Waals surface area (Å²) in [5.74, 6) is -0.312. The number of rotatable bonds is 3. The van der Waals surface area contributed by atoms with E-state index < -0.39 is 5.25 Å². The SMILES string of the molecule is Cc1ccc(NC(=O)C[C@H]2Sc3ccccc3NC2=O)c(Br)c1. The van der Waals surface area contributed by atoms with Crippen molar-refractivity contribution in [3.8, 4) is 0 Å². The van der Waals surface area contributed by atoms with E-state index in [-0.39, 0.29) is 18.2 Å². The number of amides is 2. The van der Waals surface area contributed by atoms with Crippen LogP contribution in [0, 0.1) is 6.92 Å². The summed E-state index contributed by atoms with van der Waals surface area (Å²) in [4.78, 5) is 25.4. The van der Waals surface area contributed by atoms with E-state index in [2.05, 4.69) is 26.6 Å². The van der Waals surface area contributed by atoms with Crippen LogP contribution < -0.4 is 10.6 Å². The summed E-state index contributed by atoms with van der Waals surface area (Å²) in [6.45, 7) is 1.98. The lowest BCUT2D eigenvalue weighted by Crippen LogP contribution is -2.32. The first-order chi connectivity index (χ1) is 11.0. The molecule has 0 unspecified atom stereocenters. The monoisotopic (exact) mass is 390 g/mol. The van der Waals surface area contributed by atoms with Crippen LogP contribution in [0.3, 0.4) is 0 Å². The third-order valence-electron chi connectivity index (χ3n) is 3.48. The van der Waals surface area contributed by atoms with E-state index in [9.17, 15) is 9.59 Å². The van der Waals surface area contributed by atoms with Crippen molar-refractivity contribution < 1.29 is 9.59 Å². The molecule has 2 N–H and O–H groups in total. The molecule has 3 rings (SSSR count). The highest BCUT2D eigenvalue weighted by atomic mass is 79.9. The fraction of sp³-hybridized carbons (Fsp3) is 0.176. The Bertz CT molecular complexity index is 779. The minimum atomic E-state index is -0.422. The molecule has 23 heavy (non-hydrogen) atoms. The summed E-state index contributed by atoms with van der Waals surface area (Å²) in [6.07, 6.45) is 0.130. The van der Waals surface area contributed by atoms with Crippen molar-refractivity contribution in [2.75, 3.05) is 10.6 Å². The normalized spacial score (nSPS) is 16.4. The largest absolute Gasteiger partial charge is 0.325 e. The number of nitrogens with one attached hydrogen (secondary N) is 2. The van der Waals surface area contributed by atoms with E-state index in [4.69, 9.17) is 0 Å². The average Bonchev–Trinajstić information content (AvgIpc) is 2.51. The molecule has 0 fully saturated rings. The molecule has 1 aliphatic heterocycles. The average molecular weight is 391 g/mol. The third-order valence-corrected chi connectivity index (χ3v) is 5.41. The predicted octanol–water partition coefficient (Wildman–Crippen LogP) is 4.20. The highest BCUT2D eigenvalue weighted by Crippen LogP contribution is 2.36. The van der Waals surface area contributed by atoms with Crippen molar-refractivity contribution in [3.05, 3.63) is 52.5 Å². The van der Waals surface area contributed by atoms with Crippen LogP contribution in [0.2, 0.25) is 0 Å². The van der Waals surface area contributed by atoms with E-state index >= 15 is 0 Å². The van der Waals surface area contributed by atoms with Crippen molar-refractivity contribution in [1.82, 2.24) is 0 Å². The number of para-hydroxylation sites is 1. The molecule has 2 aromatic rings. The van der Waals surface area contributed by atoms with Crippen molar-refractivity contribution in [3.63, 3.8) is 0 Å². The van der Waals surface area contributed by atoms with Crippen LogP contribution in [0.5, 0.6) is 0 Å². The summed E-state index contributed by atoms with van der Waals surface area (Å²) in [5, 5.41) is 5.28. The second-order valence-electron chi connectivity index (χ2n) is 5.33. The van der Waals surface area contributed by atoms with Crippen molar-refractivity contribution >= 4 is 50.9 Å². The van der Waals surface area contributed by atoms with Gasteiger partial charge in [-0.3, -0.25) is 9.59 Å². The lowest BCUT2D eigenvalue weighted by atomic mass is 10.2. The number of fused-ring (bicyclic) bond motifs is 1. The maximum absolute atomic E-state index is 12.3. The molecule has 0 saturated carbocycles. The maximum Gasteiger partial charge on any atom is 0.238 e. The molecule has 0 bridgehead atoms. The second kappa shape index (κ2) is 6.76. The number of carbonyl (C=O) groups excluding carboxylic acids is 2.